The average molecular weight is 335 g/mol. The van der Waals surface area contributed by atoms with E-state index in [-0.39, 0.29) is 0 Å². The Morgan fingerprint density at radius 1 is 0.913 bits per heavy atom. The minimum absolute atomic E-state index is 0.516. The van der Waals surface area contributed by atoms with Gasteiger partial charge in [0.1, 0.15) is 6.29 Å². The van der Waals surface area contributed by atoms with Crippen LogP contribution < -0.4 is 0 Å². The Balaban J connectivity index is 2.92. The van der Waals surface area contributed by atoms with Crippen LogP contribution >= 0.6 is 11.3 Å². The van der Waals surface area contributed by atoms with Crippen molar-refractivity contribution < 1.29 is 4.79 Å². The molecule has 0 saturated carbocycles. The first-order valence-corrected chi connectivity index (χ1v) is 10.1. The molecular weight excluding hydrogens is 300 g/mol. The molecule has 1 aromatic heterocycles. The van der Waals surface area contributed by atoms with Crippen molar-refractivity contribution in [3.8, 4) is 0 Å². The number of thiophene rings is 1. The Kier molecular flexibility index (Phi) is 9.47. The third-order valence-corrected chi connectivity index (χ3v) is 6.13. The third kappa shape index (κ3) is 6.25. The van der Waals surface area contributed by atoms with Gasteiger partial charge in [0.2, 0.25) is 0 Å². The Morgan fingerprint density at radius 2 is 1.52 bits per heavy atom. The molecule has 23 heavy (non-hydrogen) atoms. The van der Waals surface area contributed by atoms with Crippen LogP contribution in [0.4, 0.5) is 0 Å². The molecule has 1 rings (SSSR count). The molecule has 0 unspecified atom stereocenters. The van der Waals surface area contributed by atoms with Gasteiger partial charge in [-0.15, -0.1) is 11.3 Å². The summed E-state index contributed by atoms with van der Waals surface area (Å²) in [6.45, 7) is 11.3. The van der Waals surface area contributed by atoms with Crippen LogP contribution in [-0.2, 0) is 11.2 Å². The van der Waals surface area contributed by atoms with Gasteiger partial charge in [-0.1, -0.05) is 72.8 Å². The van der Waals surface area contributed by atoms with Gasteiger partial charge >= 0.3 is 0 Å². The molecule has 0 atom stereocenters. The molecule has 0 aliphatic carbocycles. The van der Waals surface area contributed by atoms with Crippen LogP contribution in [0.1, 0.15) is 106 Å². The molecule has 130 valence electrons. The summed E-state index contributed by atoms with van der Waals surface area (Å²) in [7, 11) is 0. The number of carbonyl (C=O) groups excluding carboxylic acids is 1. The van der Waals surface area contributed by atoms with Crippen LogP contribution in [0.15, 0.2) is 6.08 Å². The van der Waals surface area contributed by atoms with E-state index in [4.69, 9.17) is 0 Å². The summed E-state index contributed by atoms with van der Waals surface area (Å²) in [5.41, 5.74) is 2.83. The number of carbonyl (C=O) groups is 1. The Labute approximate surface area is 147 Å². The van der Waals surface area contributed by atoms with Crippen molar-refractivity contribution in [3.63, 3.8) is 0 Å². The summed E-state index contributed by atoms with van der Waals surface area (Å²) in [5.74, 6) is 1.08. The summed E-state index contributed by atoms with van der Waals surface area (Å²) in [4.78, 5) is 13.7. The van der Waals surface area contributed by atoms with E-state index in [0.717, 1.165) is 12.7 Å². The number of allylic oxidation sites excluding steroid dienone is 1. The van der Waals surface area contributed by atoms with Crippen LogP contribution in [0.5, 0.6) is 0 Å². The van der Waals surface area contributed by atoms with Crippen molar-refractivity contribution in [1.29, 1.82) is 0 Å². The lowest BCUT2D eigenvalue weighted by atomic mass is 9.94. The maximum Gasteiger partial charge on any atom is 0.142 e. The quantitative estimate of drug-likeness (QED) is 0.239. The second kappa shape index (κ2) is 10.8. The molecule has 0 radical (unpaired) electrons. The first kappa shape index (κ1) is 20.2. The highest BCUT2D eigenvalue weighted by molar-refractivity contribution is 7.12. The van der Waals surface area contributed by atoms with Gasteiger partial charge in [0.25, 0.3) is 0 Å². The lowest BCUT2D eigenvalue weighted by Crippen LogP contribution is -1.95. The minimum atomic E-state index is 0.516. The lowest BCUT2D eigenvalue weighted by molar-refractivity contribution is -0.104. The van der Waals surface area contributed by atoms with Crippen LogP contribution in [0.3, 0.4) is 0 Å². The fraction of sp³-hybridized carbons (Fsp3) is 0.667. The maximum absolute atomic E-state index is 10.8. The fourth-order valence-electron chi connectivity index (χ4n) is 3.07. The molecule has 2 heteroatoms. The minimum Gasteiger partial charge on any atom is -0.299 e. The highest BCUT2D eigenvalue weighted by atomic mass is 32.1. The van der Waals surface area contributed by atoms with Crippen LogP contribution in [0.2, 0.25) is 0 Å². The molecule has 0 spiro atoms. The molecule has 0 amide bonds. The Bertz CT molecular complexity index is 494. The largest absolute Gasteiger partial charge is 0.299 e. The van der Waals surface area contributed by atoms with E-state index >= 15 is 0 Å². The normalized spacial score (nSPS) is 12.0. The summed E-state index contributed by atoms with van der Waals surface area (Å²) in [6.07, 6.45) is 13.7. The second-order valence-corrected chi connectivity index (χ2v) is 8.13. The number of rotatable bonds is 11. The lowest BCUT2D eigenvalue weighted by Gasteiger charge is -2.09. The molecule has 0 aliphatic heterocycles. The highest BCUT2D eigenvalue weighted by Crippen LogP contribution is 2.39. The second-order valence-electron chi connectivity index (χ2n) is 7.05. The van der Waals surface area contributed by atoms with Gasteiger partial charge in [-0.25, -0.2) is 0 Å². The summed E-state index contributed by atoms with van der Waals surface area (Å²) >= 11 is 1.96. The predicted octanol–water partition coefficient (Wildman–Crippen LogP) is 7.11. The molecule has 1 aromatic rings. The average Bonchev–Trinajstić information content (AvgIpc) is 2.87. The first-order chi connectivity index (χ1) is 11.0. The summed E-state index contributed by atoms with van der Waals surface area (Å²) in [6, 6.07) is 0. The molecule has 0 N–H and O–H groups in total. The van der Waals surface area contributed by atoms with E-state index in [1.165, 1.54) is 59.4 Å². The zero-order valence-corrected chi connectivity index (χ0v) is 16.5. The van der Waals surface area contributed by atoms with Crippen molar-refractivity contribution in [2.24, 2.45) is 0 Å². The van der Waals surface area contributed by atoms with E-state index in [1.807, 2.05) is 17.4 Å². The summed E-state index contributed by atoms with van der Waals surface area (Å²) < 4.78 is 0. The molecule has 0 saturated heterocycles. The molecular formula is C21H34OS. The monoisotopic (exact) mass is 334 g/mol. The van der Waals surface area contributed by atoms with E-state index in [9.17, 15) is 4.79 Å². The number of hydrogen-bond acceptors (Lipinski definition) is 2. The van der Waals surface area contributed by atoms with E-state index in [2.05, 4.69) is 34.6 Å². The SMILES string of the molecule is CCCCCCCCc1c(C(C)C)sc(C(C)C)c1/C=C/C=O. The highest BCUT2D eigenvalue weighted by Gasteiger charge is 2.19. The fourth-order valence-corrected chi connectivity index (χ4v) is 4.41. The van der Waals surface area contributed by atoms with Crippen molar-refractivity contribution in [2.75, 3.05) is 0 Å². The van der Waals surface area contributed by atoms with Gasteiger partial charge in [-0.3, -0.25) is 4.79 Å². The van der Waals surface area contributed by atoms with Crippen LogP contribution in [-0.4, -0.2) is 6.29 Å². The smallest absolute Gasteiger partial charge is 0.142 e. The van der Waals surface area contributed by atoms with Gasteiger partial charge in [-0.05, 0) is 41.9 Å². The van der Waals surface area contributed by atoms with Crippen LogP contribution in [0.25, 0.3) is 6.08 Å². The van der Waals surface area contributed by atoms with E-state index in [0.29, 0.717) is 11.8 Å². The van der Waals surface area contributed by atoms with Gasteiger partial charge < -0.3 is 0 Å². The molecule has 0 aliphatic rings. The topological polar surface area (TPSA) is 17.1 Å². The molecule has 0 aromatic carbocycles. The molecule has 1 heterocycles. The summed E-state index contributed by atoms with van der Waals surface area (Å²) in [5, 5.41) is 0. The van der Waals surface area contributed by atoms with E-state index < -0.39 is 0 Å². The van der Waals surface area contributed by atoms with E-state index in [1.54, 1.807) is 6.08 Å². The number of unbranched alkanes of at least 4 members (excludes halogenated alkanes) is 5. The van der Waals surface area contributed by atoms with Crippen molar-refractivity contribution in [1.82, 2.24) is 0 Å². The van der Waals surface area contributed by atoms with Gasteiger partial charge in [0.15, 0.2) is 0 Å². The number of aldehydes is 1. The third-order valence-electron chi connectivity index (χ3n) is 4.28. The zero-order chi connectivity index (χ0) is 17.2. The number of hydrogen-bond donors (Lipinski definition) is 0. The standard InChI is InChI=1S/C21H34OS/c1-6-7-8-9-10-11-13-18-19(14-12-15-22)21(17(4)5)23-20(18)16(2)3/h12,14-17H,6-11,13H2,1-5H3/b14-12+. The first-order valence-electron chi connectivity index (χ1n) is 9.30. The predicted molar refractivity (Wildman–Crippen MR) is 105 cm³/mol. The Morgan fingerprint density at radius 3 is 2.09 bits per heavy atom. The molecule has 0 fully saturated rings. The van der Waals surface area contributed by atoms with Crippen LogP contribution in [0, 0.1) is 0 Å². The van der Waals surface area contributed by atoms with Gasteiger partial charge in [0.05, 0.1) is 0 Å². The van der Waals surface area contributed by atoms with Crippen molar-refractivity contribution >= 4 is 23.7 Å². The maximum atomic E-state index is 10.8. The molecule has 0 bridgehead atoms. The Hall–Kier alpha value is -0.890. The van der Waals surface area contributed by atoms with Crippen molar-refractivity contribution in [2.45, 2.75) is 91.4 Å². The zero-order valence-electron chi connectivity index (χ0n) is 15.7. The van der Waals surface area contributed by atoms with Gasteiger partial charge in [0, 0.05) is 9.75 Å². The van der Waals surface area contributed by atoms with Gasteiger partial charge in [-0.2, -0.15) is 0 Å². The molecule has 1 nitrogen and oxygen atoms in total. The van der Waals surface area contributed by atoms with Crippen molar-refractivity contribution in [3.05, 3.63) is 27.0 Å².